The number of nitrogens with one attached hydrogen (secondary N) is 2. The van der Waals surface area contributed by atoms with E-state index in [9.17, 15) is 9.90 Å². The first kappa shape index (κ1) is 29.6. The summed E-state index contributed by atoms with van der Waals surface area (Å²) in [5.74, 6) is 0.442. The number of rotatable bonds is 11. The first-order valence-corrected chi connectivity index (χ1v) is 15.4. The van der Waals surface area contributed by atoms with Crippen molar-refractivity contribution in [2.75, 3.05) is 20.3 Å². The van der Waals surface area contributed by atoms with Crippen molar-refractivity contribution in [2.24, 2.45) is 5.41 Å². The third-order valence-corrected chi connectivity index (χ3v) is 8.56. The molecule has 3 atom stereocenters. The smallest absolute Gasteiger partial charge is 0.246 e. The highest BCUT2D eigenvalue weighted by molar-refractivity contribution is 7.07. The average Bonchev–Trinajstić information content (AvgIpc) is 3.45. The molecule has 0 unspecified atom stereocenters. The fourth-order valence-electron chi connectivity index (χ4n) is 5.88. The summed E-state index contributed by atoms with van der Waals surface area (Å²) >= 11 is 1.55. The number of fused-ring (bicyclic) bond motifs is 1. The Balaban J connectivity index is 1.33. The van der Waals surface area contributed by atoms with Crippen LogP contribution in [0, 0.1) is 5.41 Å². The molecule has 1 saturated carbocycles. The highest BCUT2D eigenvalue weighted by Gasteiger charge is 2.46. The van der Waals surface area contributed by atoms with Gasteiger partial charge in [-0.2, -0.15) is 0 Å². The number of aromatic nitrogens is 2. The Morgan fingerprint density at radius 2 is 2.07 bits per heavy atom. The lowest BCUT2D eigenvalue weighted by Crippen LogP contribution is -2.52. The minimum Gasteiger partial charge on any atom is -0.471 e. The maximum atomic E-state index is 12.6. The average molecular weight is 579 g/mol. The summed E-state index contributed by atoms with van der Waals surface area (Å²) in [6.45, 7) is 6.93. The predicted octanol–water partition coefficient (Wildman–Crippen LogP) is 4.86. The molecule has 3 N–H and O–H groups in total. The number of hydrogen-bond donors (Lipinski definition) is 3. The van der Waals surface area contributed by atoms with E-state index in [1.54, 1.807) is 11.3 Å². The first-order chi connectivity index (χ1) is 19.6. The number of methoxy groups -OCH3 is 1. The van der Waals surface area contributed by atoms with Crippen molar-refractivity contribution in [3.8, 4) is 17.1 Å². The van der Waals surface area contributed by atoms with Gasteiger partial charge >= 0.3 is 0 Å². The van der Waals surface area contributed by atoms with Crippen molar-refractivity contribution < 1.29 is 19.4 Å². The predicted molar refractivity (Wildman–Crippen MR) is 161 cm³/mol. The summed E-state index contributed by atoms with van der Waals surface area (Å²) in [4.78, 5) is 21.7. The molecule has 2 aromatic heterocycles. The van der Waals surface area contributed by atoms with Crippen molar-refractivity contribution in [1.82, 2.24) is 20.6 Å². The monoisotopic (exact) mass is 578 g/mol. The molecule has 1 spiro atoms. The molecular formula is C32H42N4O4S. The molecule has 2 aliphatic rings. The third kappa shape index (κ3) is 7.52. The van der Waals surface area contributed by atoms with Crippen LogP contribution in [-0.2, 0) is 22.4 Å². The van der Waals surface area contributed by atoms with Crippen LogP contribution in [0.5, 0.6) is 5.88 Å². The van der Waals surface area contributed by atoms with Gasteiger partial charge in [-0.05, 0) is 60.8 Å². The Labute approximate surface area is 246 Å². The summed E-state index contributed by atoms with van der Waals surface area (Å²) in [5, 5.41) is 20.1. The van der Waals surface area contributed by atoms with Crippen molar-refractivity contribution in [3.05, 3.63) is 64.1 Å². The van der Waals surface area contributed by atoms with Gasteiger partial charge in [-0.1, -0.05) is 39.0 Å². The Bertz CT molecular complexity index is 1320. The van der Waals surface area contributed by atoms with Crippen molar-refractivity contribution in [1.29, 1.82) is 0 Å². The molecule has 1 fully saturated rings. The van der Waals surface area contributed by atoms with Gasteiger partial charge in [0.15, 0.2) is 0 Å². The van der Waals surface area contributed by atoms with Crippen LogP contribution in [0.3, 0.4) is 0 Å². The second kappa shape index (κ2) is 12.6. The molecule has 1 aliphatic carbocycles. The third-order valence-electron chi connectivity index (χ3n) is 7.97. The zero-order valence-corrected chi connectivity index (χ0v) is 25.3. The second-order valence-corrected chi connectivity index (χ2v) is 13.5. The summed E-state index contributed by atoms with van der Waals surface area (Å²) in [5.41, 5.74) is 6.95. The number of pyridine rings is 1. The minimum absolute atomic E-state index is 0.00411. The molecule has 0 radical (unpaired) electrons. The number of carbonyl (C=O) groups excluding carboxylic acids is 1. The summed E-state index contributed by atoms with van der Waals surface area (Å²) in [6.07, 6.45) is 6.53. The van der Waals surface area contributed by atoms with E-state index in [0.717, 1.165) is 54.5 Å². The van der Waals surface area contributed by atoms with Crippen LogP contribution in [0.15, 0.2) is 47.4 Å². The second-order valence-electron chi connectivity index (χ2n) is 12.7. The Morgan fingerprint density at radius 3 is 2.76 bits per heavy atom. The van der Waals surface area contributed by atoms with Gasteiger partial charge in [-0.25, -0.2) is 9.97 Å². The molecule has 41 heavy (non-hydrogen) atoms. The van der Waals surface area contributed by atoms with Crippen LogP contribution in [-0.4, -0.2) is 59.0 Å². The van der Waals surface area contributed by atoms with E-state index in [2.05, 4.69) is 48.5 Å². The van der Waals surface area contributed by atoms with E-state index in [1.807, 2.05) is 35.3 Å². The topological polar surface area (TPSA) is 106 Å². The van der Waals surface area contributed by atoms with Gasteiger partial charge in [0.2, 0.25) is 11.8 Å². The van der Waals surface area contributed by atoms with Crippen LogP contribution < -0.4 is 15.4 Å². The van der Waals surface area contributed by atoms with E-state index >= 15 is 0 Å². The van der Waals surface area contributed by atoms with Crippen molar-refractivity contribution in [2.45, 2.75) is 83.1 Å². The van der Waals surface area contributed by atoms with Crippen molar-refractivity contribution >= 4 is 17.2 Å². The van der Waals surface area contributed by atoms with Gasteiger partial charge in [0.25, 0.3) is 0 Å². The molecule has 9 heteroatoms. The maximum Gasteiger partial charge on any atom is 0.246 e. The molecule has 220 valence electrons. The van der Waals surface area contributed by atoms with E-state index in [0.29, 0.717) is 18.8 Å². The van der Waals surface area contributed by atoms with Gasteiger partial charge in [-0.15, -0.1) is 11.3 Å². The van der Waals surface area contributed by atoms with E-state index in [-0.39, 0.29) is 29.6 Å². The summed E-state index contributed by atoms with van der Waals surface area (Å²) in [7, 11) is 1.49. The molecule has 3 heterocycles. The van der Waals surface area contributed by atoms with Gasteiger partial charge in [0.05, 0.1) is 23.4 Å². The summed E-state index contributed by atoms with van der Waals surface area (Å²) in [6, 6.07) is 9.82. The number of aliphatic hydroxyl groups is 1. The number of nitrogens with zero attached hydrogens (tertiary/aromatic N) is 2. The molecular weight excluding hydrogens is 536 g/mol. The van der Waals surface area contributed by atoms with Crippen molar-refractivity contribution in [3.63, 3.8) is 0 Å². The SMILES string of the molecule is COCC(=O)N[C@@H](Cc1cccc(-c2cscn2)c1)[C@@H](O)CN[C@H]1CC2(CCC2)Oc2ncc(CC(C)(C)C)cc21. The number of carbonyl (C=O) groups is 1. The molecule has 8 nitrogen and oxygen atoms in total. The quantitative estimate of drug-likeness (QED) is 0.298. The van der Waals surface area contributed by atoms with Crippen LogP contribution in [0.4, 0.5) is 0 Å². The van der Waals surface area contributed by atoms with Gasteiger partial charge in [0.1, 0.15) is 12.2 Å². The minimum atomic E-state index is -0.826. The fraction of sp³-hybridized carbons (Fsp3) is 0.531. The number of benzene rings is 1. The van der Waals surface area contributed by atoms with Crippen LogP contribution in [0.2, 0.25) is 0 Å². The van der Waals surface area contributed by atoms with Crippen LogP contribution >= 0.6 is 11.3 Å². The lowest BCUT2D eigenvalue weighted by atomic mass is 9.73. The zero-order chi connectivity index (χ0) is 29.0. The molecule has 1 amide bonds. The van der Waals surface area contributed by atoms with Crippen LogP contribution in [0.25, 0.3) is 11.3 Å². The standard InChI is InChI=1S/C32H42N4O4S/c1-31(2,3)14-22-12-24-26(15-32(9-6-10-32)40-30(24)34-16-22)33-17-28(37)25(36-29(38)18-39-4)13-21-7-5-8-23(11-21)27-19-41-20-35-27/h5,7-8,11-12,16,19-20,25-26,28,33,37H,6,9-10,13-15,17-18H2,1-4H3,(H,36,38)/t25-,26-,28-/m0/s1. The van der Waals surface area contributed by atoms with Gasteiger partial charge < -0.3 is 25.2 Å². The van der Waals surface area contributed by atoms with E-state index < -0.39 is 12.1 Å². The molecule has 3 aromatic rings. The summed E-state index contributed by atoms with van der Waals surface area (Å²) < 4.78 is 11.5. The number of aliphatic hydroxyl groups excluding tert-OH is 1. The Morgan fingerprint density at radius 1 is 1.24 bits per heavy atom. The molecule has 1 aromatic carbocycles. The Kier molecular flexibility index (Phi) is 9.09. The maximum absolute atomic E-state index is 12.6. The molecule has 5 rings (SSSR count). The number of ether oxygens (including phenoxy) is 2. The normalized spacial score (nSPS) is 19.1. The molecule has 0 bridgehead atoms. The number of hydrogen-bond acceptors (Lipinski definition) is 8. The lowest BCUT2D eigenvalue weighted by Gasteiger charge is -2.47. The highest BCUT2D eigenvalue weighted by atomic mass is 32.1. The number of thiazole rings is 1. The highest BCUT2D eigenvalue weighted by Crippen LogP contribution is 2.48. The van der Waals surface area contributed by atoms with Gasteiger partial charge in [0, 0.05) is 48.8 Å². The van der Waals surface area contributed by atoms with E-state index in [4.69, 9.17) is 14.5 Å². The van der Waals surface area contributed by atoms with Gasteiger partial charge in [-0.3, -0.25) is 4.79 Å². The molecule has 0 saturated heterocycles. The first-order valence-electron chi connectivity index (χ1n) is 14.5. The number of amides is 1. The van der Waals surface area contributed by atoms with Crippen LogP contribution in [0.1, 0.15) is 69.2 Å². The largest absolute Gasteiger partial charge is 0.471 e. The zero-order valence-electron chi connectivity index (χ0n) is 24.5. The Hall–Kier alpha value is -2.85. The fourth-order valence-corrected chi connectivity index (χ4v) is 6.44. The lowest BCUT2D eigenvalue weighted by molar-refractivity contribution is -0.126. The molecule has 1 aliphatic heterocycles. The van der Waals surface area contributed by atoms with E-state index in [1.165, 1.54) is 12.7 Å².